The Labute approximate surface area is 105 Å². The standard InChI is InChI=1S/C11H18BrN3O/c1-3-15-10(8-9(2)14-15)11(16)13-7-5-4-6-12/h8H,3-7H2,1-2H3,(H,13,16). The maximum Gasteiger partial charge on any atom is 0.269 e. The molecule has 90 valence electrons. The lowest BCUT2D eigenvalue weighted by Gasteiger charge is -2.05. The average Bonchev–Trinajstić information content (AvgIpc) is 2.65. The molecule has 0 aliphatic heterocycles. The highest BCUT2D eigenvalue weighted by Gasteiger charge is 2.11. The van der Waals surface area contributed by atoms with E-state index in [9.17, 15) is 4.79 Å². The molecule has 0 radical (unpaired) electrons. The van der Waals surface area contributed by atoms with E-state index in [1.54, 1.807) is 4.68 Å². The summed E-state index contributed by atoms with van der Waals surface area (Å²) in [6, 6.07) is 1.82. The van der Waals surface area contributed by atoms with E-state index >= 15 is 0 Å². The SMILES string of the molecule is CCn1nc(C)cc1C(=O)NCCCCBr. The Kier molecular flexibility index (Phi) is 5.52. The highest BCUT2D eigenvalue weighted by Crippen LogP contribution is 2.03. The van der Waals surface area contributed by atoms with Crippen LogP contribution in [0.4, 0.5) is 0 Å². The number of amides is 1. The Morgan fingerprint density at radius 2 is 2.31 bits per heavy atom. The van der Waals surface area contributed by atoms with Crippen molar-refractivity contribution in [2.45, 2.75) is 33.2 Å². The zero-order valence-electron chi connectivity index (χ0n) is 9.79. The quantitative estimate of drug-likeness (QED) is 0.644. The van der Waals surface area contributed by atoms with E-state index in [-0.39, 0.29) is 5.91 Å². The van der Waals surface area contributed by atoms with Gasteiger partial charge in [0.05, 0.1) is 5.69 Å². The Bertz CT molecular complexity index is 349. The summed E-state index contributed by atoms with van der Waals surface area (Å²) >= 11 is 3.36. The highest BCUT2D eigenvalue weighted by molar-refractivity contribution is 9.09. The van der Waals surface area contributed by atoms with Gasteiger partial charge in [0.1, 0.15) is 5.69 Å². The average molecular weight is 288 g/mol. The van der Waals surface area contributed by atoms with Gasteiger partial charge in [0.15, 0.2) is 0 Å². The molecule has 1 N–H and O–H groups in total. The molecule has 1 heterocycles. The van der Waals surface area contributed by atoms with Gasteiger partial charge in [-0.05, 0) is 32.8 Å². The monoisotopic (exact) mass is 287 g/mol. The number of nitrogens with zero attached hydrogens (tertiary/aromatic N) is 2. The van der Waals surface area contributed by atoms with Gasteiger partial charge in [0.2, 0.25) is 0 Å². The Morgan fingerprint density at radius 3 is 2.94 bits per heavy atom. The van der Waals surface area contributed by atoms with E-state index in [0.29, 0.717) is 5.69 Å². The van der Waals surface area contributed by atoms with Crippen LogP contribution in [0.1, 0.15) is 35.9 Å². The molecule has 5 heteroatoms. The molecule has 0 saturated carbocycles. The molecule has 1 rings (SSSR count). The third-order valence-corrected chi connectivity index (χ3v) is 2.84. The molecular weight excluding hydrogens is 270 g/mol. The second-order valence-electron chi connectivity index (χ2n) is 3.64. The van der Waals surface area contributed by atoms with Crippen molar-refractivity contribution < 1.29 is 4.79 Å². The first-order chi connectivity index (χ1) is 7.69. The van der Waals surface area contributed by atoms with Gasteiger partial charge in [0.25, 0.3) is 5.91 Å². The van der Waals surface area contributed by atoms with E-state index in [1.165, 1.54) is 0 Å². The Hall–Kier alpha value is -0.840. The zero-order valence-corrected chi connectivity index (χ0v) is 11.4. The van der Waals surface area contributed by atoms with Gasteiger partial charge in [-0.15, -0.1) is 0 Å². The summed E-state index contributed by atoms with van der Waals surface area (Å²) < 4.78 is 1.73. The third-order valence-electron chi connectivity index (χ3n) is 2.28. The van der Waals surface area contributed by atoms with Gasteiger partial charge >= 0.3 is 0 Å². The zero-order chi connectivity index (χ0) is 12.0. The highest BCUT2D eigenvalue weighted by atomic mass is 79.9. The predicted octanol–water partition coefficient (Wildman–Crippen LogP) is 2.12. The Morgan fingerprint density at radius 1 is 1.56 bits per heavy atom. The smallest absolute Gasteiger partial charge is 0.269 e. The summed E-state index contributed by atoms with van der Waals surface area (Å²) in [5, 5.41) is 8.13. The number of unbranched alkanes of at least 4 members (excludes halogenated alkanes) is 1. The van der Waals surface area contributed by atoms with Gasteiger partial charge in [-0.2, -0.15) is 5.10 Å². The normalized spacial score (nSPS) is 10.4. The van der Waals surface area contributed by atoms with Crippen LogP contribution in [0.2, 0.25) is 0 Å². The number of alkyl halides is 1. The summed E-state index contributed by atoms with van der Waals surface area (Å²) in [5.41, 5.74) is 1.53. The molecule has 0 fully saturated rings. The lowest BCUT2D eigenvalue weighted by atomic mass is 10.3. The molecule has 1 aromatic heterocycles. The molecular formula is C11H18BrN3O. The maximum atomic E-state index is 11.8. The van der Waals surface area contributed by atoms with E-state index in [1.807, 2.05) is 19.9 Å². The van der Waals surface area contributed by atoms with Crippen LogP contribution in [0.15, 0.2) is 6.07 Å². The Balaban J connectivity index is 2.51. The number of nitrogens with one attached hydrogen (secondary N) is 1. The van der Waals surface area contributed by atoms with Crippen molar-refractivity contribution in [2.75, 3.05) is 11.9 Å². The number of aryl methyl sites for hydroxylation is 2. The molecule has 0 unspecified atom stereocenters. The number of hydrogen-bond acceptors (Lipinski definition) is 2. The van der Waals surface area contributed by atoms with Gasteiger partial charge < -0.3 is 5.32 Å². The van der Waals surface area contributed by atoms with Crippen molar-refractivity contribution in [3.05, 3.63) is 17.5 Å². The molecule has 4 nitrogen and oxygen atoms in total. The number of halogens is 1. The first-order valence-corrected chi connectivity index (χ1v) is 6.69. The van der Waals surface area contributed by atoms with Crippen LogP contribution in [0.25, 0.3) is 0 Å². The molecule has 0 atom stereocenters. The van der Waals surface area contributed by atoms with Crippen LogP contribution in [0.5, 0.6) is 0 Å². The van der Waals surface area contributed by atoms with Crippen molar-refractivity contribution >= 4 is 21.8 Å². The van der Waals surface area contributed by atoms with Gasteiger partial charge in [-0.3, -0.25) is 9.48 Å². The summed E-state index contributed by atoms with van der Waals surface area (Å²) in [4.78, 5) is 11.8. The number of carbonyl (C=O) groups is 1. The number of rotatable bonds is 6. The topological polar surface area (TPSA) is 46.9 Å². The second kappa shape index (κ2) is 6.68. The third kappa shape index (κ3) is 3.63. The molecule has 0 aromatic carbocycles. The number of carbonyl (C=O) groups excluding carboxylic acids is 1. The molecule has 0 bridgehead atoms. The van der Waals surface area contributed by atoms with Crippen LogP contribution >= 0.6 is 15.9 Å². The number of aromatic nitrogens is 2. The van der Waals surface area contributed by atoms with Gasteiger partial charge in [-0.1, -0.05) is 15.9 Å². The minimum Gasteiger partial charge on any atom is -0.351 e. The van der Waals surface area contributed by atoms with Crippen molar-refractivity contribution in [1.82, 2.24) is 15.1 Å². The summed E-state index contributed by atoms with van der Waals surface area (Å²) in [5.74, 6) is -0.0305. The molecule has 16 heavy (non-hydrogen) atoms. The molecule has 1 aromatic rings. The minimum absolute atomic E-state index is 0.0305. The fraction of sp³-hybridized carbons (Fsp3) is 0.636. The fourth-order valence-electron chi connectivity index (χ4n) is 1.48. The summed E-state index contributed by atoms with van der Waals surface area (Å²) in [7, 11) is 0. The molecule has 0 spiro atoms. The van der Waals surface area contributed by atoms with Crippen LogP contribution in [-0.4, -0.2) is 27.6 Å². The molecule has 0 aliphatic carbocycles. The lowest BCUT2D eigenvalue weighted by molar-refractivity contribution is 0.0942. The summed E-state index contributed by atoms with van der Waals surface area (Å²) in [6.07, 6.45) is 2.07. The van der Waals surface area contributed by atoms with Crippen molar-refractivity contribution in [3.63, 3.8) is 0 Å². The van der Waals surface area contributed by atoms with E-state index < -0.39 is 0 Å². The predicted molar refractivity (Wildman–Crippen MR) is 68.0 cm³/mol. The molecule has 0 saturated heterocycles. The van der Waals surface area contributed by atoms with Crippen LogP contribution in [0.3, 0.4) is 0 Å². The maximum absolute atomic E-state index is 11.8. The minimum atomic E-state index is -0.0305. The first kappa shape index (κ1) is 13.2. The summed E-state index contributed by atoms with van der Waals surface area (Å²) in [6.45, 7) is 5.32. The molecule has 0 aliphatic rings. The largest absolute Gasteiger partial charge is 0.351 e. The van der Waals surface area contributed by atoms with E-state index in [0.717, 1.165) is 37.0 Å². The van der Waals surface area contributed by atoms with Crippen molar-refractivity contribution in [3.8, 4) is 0 Å². The molecule has 1 amide bonds. The lowest BCUT2D eigenvalue weighted by Crippen LogP contribution is -2.27. The van der Waals surface area contributed by atoms with Gasteiger partial charge in [-0.25, -0.2) is 0 Å². The first-order valence-electron chi connectivity index (χ1n) is 5.57. The second-order valence-corrected chi connectivity index (χ2v) is 4.43. The van der Waals surface area contributed by atoms with Crippen molar-refractivity contribution in [2.24, 2.45) is 0 Å². The van der Waals surface area contributed by atoms with Crippen LogP contribution in [0, 0.1) is 6.92 Å². The fourth-order valence-corrected chi connectivity index (χ4v) is 1.88. The van der Waals surface area contributed by atoms with Crippen LogP contribution < -0.4 is 5.32 Å². The van der Waals surface area contributed by atoms with Crippen LogP contribution in [-0.2, 0) is 6.54 Å². The number of hydrogen-bond donors (Lipinski definition) is 1. The van der Waals surface area contributed by atoms with Crippen molar-refractivity contribution in [1.29, 1.82) is 0 Å². The van der Waals surface area contributed by atoms with E-state index in [4.69, 9.17) is 0 Å². The van der Waals surface area contributed by atoms with Gasteiger partial charge in [0, 0.05) is 18.4 Å². The van der Waals surface area contributed by atoms with E-state index in [2.05, 4.69) is 26.3 Å².